The molecule has 36 heavy (non-hydrogen) atoms. The fraction of sp³-hybridized carbons (Fsp3) is 0.357. The number of carbonyl (C=O) groups excluding carboxylic acids is 2. The van der Waals surface area contributed by atoms with Crippen LogP contribution in [0.4, 0.5) is 11.6 Å². The molecular formula is C28H32N6O2. The summed E-state index contributed by atoms with van der Waals surface area (Å²) in [5.41, 5.74) is 4.58. The lowest BCUT2D eigenvalue weighted by Gasteiger charge is -2.32. The molecule has 1 saturated heterocycles. The molecule has 0 saturated carbocycles. The van der Waals surface area contributed by atoms with Crippen LogP contribution in [0.3, 0.4) is 0 Å². The van der Waals surface area contributed by atoms with Crippen molar-refractivity contribution in [3.05, 3.63) is 71.4 Å². The van der Waals surface area contributed by atoms with Crippen LogP contribution in [0.5, 0.6) is 0 Å². The molecule has 2 aliphatic heterocycles. The number of benzene rings is 2. The normalized spacial score (nSPS) is 17.7. The minimum absolute atomic E-state index is 0.0411. The van der Waals surface area contributed by atoms with E-state index in [1.54, 1.807) is 6.20 Å². The Bertz CT molecular complexity index is 1300. The maximum Gasteiger partial charge on any atom is 0.251 e. The molecule has 0 aliphatic carbocycles. The van der Waals surface area contributed by atoms with Crippen molar-refractivity contribution in [2.45, 2.75) is 38.1 Å². The van der Waals surface area contributed by atoms with Crippen LogP contribution in [-0.4, -0.2) is 59.4 Å². The topological polar surface area (TPSA) is 99.3 Å². The lowest BCUT2D eigenvalue weighted by atomic mass is 9.78. The fourth-order valence-corrected chi connectivity index (χ4v) is 4.82. The quantitative estimate of drug-likeness (QED) is 0.510. The molecule has 2 aliphatic rings. The van der Waals surface area contributed by atoms with Gasteiger partial charge in [0.1, 0.15) is 0 Å². The van der Waals surface area contributed by atoms with Gasteiger partial charge in [-0.1, -0.05) is 26.0 Å². The van der Waals surface area contributed by atoms with Gasteiger partial charge in [0.2, 0.25) is 5.95 Å². The molecule has 1 fully saturated rings. The lowest BCUT2D eigenvalue weighted by molar-refractivity contribution is 0.0913. The number of piperidine rings is 1. The number of hydrogen-bond acceptors (Lipinski definition) is 6. The van der Waals surface area contributed by atoms with Gasteiger partial charge in [0.05, 0.1) is 5.69 Å². The van der Waals surface area contributed by atoms with Crippen molar-refractivity contribution in [1.82, 2.24) is 25.5 Å². The zero-order chi connectivity index (χ0) is 25.3. The van der Waals surface area contributed by atoms with E-state index in [9.17, 15) is 9.59 Å². The highest BCUT2D eigenvalue weighted by Crippen LogP contribution is 2.33. The molecule has 5 rings (SSSR count). The first-order valence-electron chi connectivity index (χ1n) is 12.4. The smallest absolute Gasteiger partial charge is 0.251 e. The highest BCUT2D eigenvalue weighted by molar-refractivity contribution is 5.98. The van der Waals surface area contributed by atoms with Gasteiger partial charge in [0, 0.05) is 46.6 Å². The highest BCUT2D eigenvalue weighted by atomic mass is 16.2. The van der Waals surface area contributed by atoms with Gasteiger partial charge in [0.25, 0.3) is 11.8 Å². The van der Waals surface area contributed by atoms with Crippen LogP contribution in [0, 0.1) is 0 Å². The molecule has 2 aromatic carbocycles. The number of carbonyl (C=O) groups is 2. The van der Waals surface area contributed by atoms with Gasteiger partial charge >= 0.3 is 0 Å². The average molecular weight is 485 g/mol. The van der Waals surface area contributed by atoms with Gasteiger partial charge in [-0.2, -0.15) is 0 Å². The number of nitrogens with one attached hydrogen (secondary N) is 3. The molecule has 3 N–H and O–H groups in total. The summed E-state index contributed by atoms with van der Waals surface area (Å²) in [5, 5.41) is 9.35. The van der Waals surface area contributed by atoms with Crippen LogP contribution in [0.25, 0.3) is 11.3 Å². The first-order chi connectivity index (χ1) is 17.3. The van der Waals surface area contributed by atoms with Gasteiger partial charge in [-0.25, -0.2) is 9.97 Å². The predicted octanol–water partition coefficient (Wildman–Crippen LogP) is 3.73. The molecule has 8 heteroatoms. The maximum atomic E-state index is 12.8. The number of amides is 2. The van der Waals surface area contributed by atoms with Gasteiger partial charge in [-0.05, 0) is 74.9 Å². The molecule has 3 aromatic rings. The van der Waals surface area contributed by atoms with E-state index in [1.165, 1.54) is 0 Å². The summed E-state index contributed by atoms with van der Waals surface area (Å²) < 4.78 is 0. The third-order valence-electron chi connectivity index (χ3n) is 7.07. The molecule has 0 radical (unpaired) electrons. The number of likely N-dealkylation sites (tertiary alicyclic amines) is 1. The zero-order valence-electron chi connectivity index (χ0n) is 21.0. The Morgan fingerprint density at radius 2 is 1.92 bits per heavy atom. The van der Waals surface area contributed by atoms with Crippen molar-refractivity contribution in [2.24, 2.45) is 0 Å². The Morgan fingerprint density at radius 3 is 2.72 bits per heavy atom. The summed E-state index contributed by atoms with van der Waals surface area (Å²) in [6.07, 6.45) is 3.63. The second-order valence-electron chi connectivity index (χ2n) is 10.3. The van der Waals surface area contributed by atoms with E-state index in [0.717, 1.165) is 48.4 Å². The Kier molecular flexibility index (Phi) is 6.45. The Balaban J connectivity index is 1.33. The Labute approximate surface area is 211 Å². The van der Waals surface area contributed by atoms with E-state index in [-0.39, 0.29) is 23.3 Å². The van der Waals surface area contributed by atoms with Gasteiger partial charge in [0.15, 0.2) is 0 Å². The molecule has 0 atom stereocenters. The van der Waals surface area contributed by atoms with E-state index in [0.29, 0.717) is 23.6 Å². The van der Waals surface area contributed by atoms with E-state index < -0.39 is 0 Å². The van der Waals surface area contributed by atoms with Crippen molar-refractivity contribution >= 4 is 23.5 Å². The van der Waals surface area contributed by atoms with Crippen molar-refractivity contribution in [3.63, 3.8) is 0 Å². The van der Waals surface area contributed by atoms with E-state index >= 15 is 0 Å². The first kappa shape index (κ1) is 23.9. The molecule has 0 unspecified atom stereocenters. The maximum absolute atomic E-state index is 12.8. The fourth-order valence-electron chi connectivity index (χ4n) is 4.82. The number of nitrogens with zero attached hydrogens (tertiary/aromatic N) is 3. The number of rotatable bonds is 5. The van der Waals surface area contributed by atoms with Crippen molar-refractivity contribution < 1.29 is 9.59 Å². The largest absolute Gasteiger partial charge is 0.351 e. The minimum atomic E-state index is -0.165. The SMILES string of the molecule is CN1CCC(NC(=O)c2cccc(Nc3nccc(-c4ccc5c(c4)C(C)(C)CNC5=O)n3)c2)CC1. The van der Waals surface area contributed by atoms with Crippen molar-refractivity contribution in [1.29, 1.82) is 0 Å². The molecule has 8 nitrogen and oxygen atoms in total. The monoisotopic (exact) mass is 484 g/mol. The Morgan fingerprint density at radius 1 is 1.11 bits per heavy atom. The van der Waals surface area contributed by atoms with Crippen LogP contribution < -0.4 is 16.0 Å². The van der Waals surface area contributed by atoms with E-state index in [2.05, 4.69) is 46.7 Å². The first-order valence-corrected chi connectivity index (χ1v) is 12.4. The second-order valence-corrected chi connectivity index (χ2v) is 10.3. The molecule has 1 aromatic heterocycles. The minimum Gasteiger partial charge on any atom is -0.351 e. The summed E-state index contributed by atoms with van der Waals surface area (Å²) in [6.45, 7) is 6.83. The zero-order valence-corrected chi connectivity index (χ0v) is 21.0. The number of anilines is 2. The summed E-state index contributed by atoms with van der Waals surface area (Å²) in [6, 6.07) is 15.3. The molecule has 0 spiro atoms. The lowest BCUT2D eigenvalue weighted by Crippen LogP contribution is -2.43. The third-order valence-corrected chi connectivity index (χ3v) is 7.07. The average Bonchev–Trinajstić information content (AvgIpc) is 2.88. The second kappa shape index (κ2) is 9.70. The van der Waals surface area contributed by atoms with Gasteiger partial charge < -0.3 is 20.9 Å². The summed E-state index contributed by atoms with van der Waals surface area (Å²) >= 11 is 0. The summed E-state index contributed by atoms with van der Waals surface area (Å²) in [4.78, 5) is 36.5. The standard InChI is InChI=1S/C28H32N6O2/c1-28(2)17-30-26(36)22-8-7-18(16-23(22)28)24-9-12-29-27(33-24)32-21-6-4-5-19(15-21)25(35)31-20-10-13-34(3)14-11-20/h4-9,12,15-16,20H,10-11,13-14,17H2,1-3H3,(H,30,36)(H,31,35)(H,29,32,33). The Hall–Kier alpha value is -3.78. The predicted molar refractivity (Wildman–Crippen MR) is 141 cm³/mol. The van der Waals surface area contributed by atoms with Gasteiger partial charge in [-0.15, -0.1) is 0 Å². The molecule has 3 heterocycles. The van der Waals surface area contributed by atoms with Crippen LogP contribution in [0.15, 0.2) is 54.7 Å². The van der Waals surface area contributed by atoms with Crippen LogP contribution >= 0.6 is 0 Å². The van der Waals surface area contributed by atoms with Crippen LogP contribution in [0.2, 0.25) is 0 Å². The summed E-state index contributed by atoms with van der Waals surface area (Å²) in [5.74, 6) is 0.333. The van der Waals surface area contributed by atoms with E-state index in [1.807, 2.05) is 48.5 Å². The van der Waals surface area contributed by atoms with Crippen LogP contribution in [0.1, 0.15) is 53.0 Å². The third kappa shape index (κ3) is 5.09. The van der Waals surface area contributed by atoms with Crippen molar-refractivity contribution in [2.75, 3.05) is 32.0 Å². The summed E-state index contributed by atoms with van der Waals surface area (Å²) in [7, 11) is 2.11. The van der Waals surface area contributed by atoms with Crippen molar-refractivity contribution in [3.8, 4) is 11.3 Å². The molecule has 186 valence electrons. The number of aromatic nitrogens is 2. The number of hydrogen-bond donors (Lipinski definition) is 3. The van der Waals surface area contributed by atoms with Crippen LogP contribution in [-0.2, 0) is 5.41 Å². The molecule has 0 bridgehead atoms. The number of fused-ring (bicyclic) bond motifs is 1. The van der Waals surface area contributed by atoms with E-state index in [4.69, 9.17) is 4.98 Å². The van der Waals surface area contributed by atoms with Gasteiger partial charge in [-0.3, -0.25) is 9.59 Å². The highest BCUT2D eigenvalue weighted by Gasteiger charge is 2.31. The molecular weight excluding hydrogens is 452 g/mol. The molecule has 2 amide bonds.